The standard InChI is InChI=1S/C21H19FN4O2S/c1-12-17-19(23-10-16-4-3-9-28-16)24-11-25-21(17)29-18(12)20(27)26-13(2)14-5-7-15(22)8-6-14/h3-9,11,13H,10H2,1-2H3,(H,26,27)(H,23,24,25). The molecule has 0 aliphatic carbocycles. The van der Waals surface area contributed by atoms with Crippen molar-refractivity contribution in [3.8, 4) is 0 Å². The number of aromatic nitrogens is 2. The maximum absolute atomic E-state index is 13.1. The summed E-state index contributed by atoms with van der Waals surface area (Å²) >= 11 is 1.32. The lowest BCUT2D eigenvalue weighted by atomic mass is 10.1. The van der Waals surface area contributed by atoms with Gasteiger partial charge in [0.05, 0.1) is 29.1 Å². The number of nitrogens with zero attached hydrogens (tertiary/aromatic N) is 2. The molecule has 4 aromatic rings. The van der Waals surface area contributed by atoms with Crippen LogP contribution in [0.2, 0.25) is 0 Å². The van der Waals surface area contributed by atoms with Crippen molar-refractivity contribution in [1.82, 2.24) is 15.3 Å². The molecule has 3 heterocycles. The Labute approximate surface area is 170 Å². The number of anilines is 1. The monoisotopic (exact) mass is 410 g/mol. The number of aryl methyl sites for hydroxylation is 1. The molecule has 0 bridgehead atoms. The summed E-state index contributed by atoms with van der Waals surface area (Å²) in [5.41, 5.74) is 1.65. The van der Waals surface area contributed by atoms with E-state index in [2.05, 4.69) is 20.6 Å². The van der Waals surface area contributed by atoms with E-state index in [0.29, 0.717) is 17.2 Å². The van der Waals surface area contributed by atoms with Crippen molar-refractivity contribution in [3.63, 3.8) is 0 Å². The molecule has 1 amide bonds. The lowest BCUT2D eigenvalue weighted by Crippen LogP contribution is -2.26. The number of hydrogen-bond donors (Lipinski definition) is 2. The molecule has 29 heavy (non-hydrogen) atoms. The van der Waals surface area contributed by atoms with Crippen molar-refractivity contribution in [3.05, 3.63) is 76.6 Å². The molecule has 148 valence electrons. The van der Waals surface area contributed by atoms with E-state index in [1.165, 1.54) is 29.8 Å². The van der Waals surface area contributed by atoms with E-state index in [0.717, 1.165) is 27.1 Å². The molecule has 0 radical (unpaired) electrons. The van der Waals surface area contributed by atoms with Gasteiger partial charge in [-0.05, 0) is 49.2 Å². The maximum atomic E-state index is 13.1. The van der Waals surface area contributed by atoms with Gasteiger partial charge in [-0.1, -0.05) is 12.1 Å². The number of furan rings is 1. The fraction of sp³-hybridized carbons (Fsp3) is 0.190. The van der Waals surface area contributed by atoms with Gasteiger partial charge in [-0.2, -0.15) is 0 Å². The molecule has 6 nitrogen and oxygen atoms in total. The summed E-state index contributed by atoms with van der Waals surface area (Å²) in [7, 11) is 0. The Bertz CT molecular complexity index is 1140. The second-order valence-corrected chi connectivity index (χ2v) is 7.64. The summed E-state index contributed by atoms with van der Waals surface area (Å²) in [6.45, 7) is 4.24. The number of hydrogen-bond acceptors (Lipinski definition) is 6. The molecule has 8 heteroatoms. The van der Waals surface area contributed by atoms with Crippen LogP contribution in [0.1, 0.15) is 39.5 Å². The highest BCUT2D eigenvalue weighted by Gasteiger charge is 2.21. The minimum Gasteiger partial charge on any atom is -0.467 e. The lowest BCUT2D eigenvalue weighted by Gasteiger charge is -2.14. The van der Waals surface area contributed by atoms with Crippen LogP contribution < -0.4 is 10.6 Å². The van der Waals surface area contributed by atoms with Crippen LogP contribution in [0.25, 0.3) is 10.2 Å². The minimum absolute atomic E-state index is 0.195. The zero-order valence-corrected chi connectivity index (χ0v) is 16.7. The van der Waals surface area contributed by atoms with Crippen LogP contribution in [-0.2, 0) is 6.54 Å². The van der Waals surface area contributed by atoms with E-state index in [-0.39, 0.29) is 17.8 Å². The third-order valence-corrected chi connectivity index (χ3v) is 5.86. The van der Waals surface area contributed by atoms with E-state index in [1.807, 2.05) is 26.0 Å². The summed E-state index contributed by atoms with van der Waals surface area (Å²) in [5.74, 6) is 0.946. The minimum atomic E-state index is -0.305. The van der Waals surface area contributed by atoms with Gasteiger partial charge in [0.1, 0.15) is 28.6 Å². The van der Waals surface area contributed by atoms with Crippen molar-refractivity contribution in [2.75, 3.05) is 5.32 Å². The van der Waals surface area contributed by atoms with Crippen molar-refractivity contribution in [2.24, 2.45) is 0 Å². The van der Waals surface area contributed by atoms with Crippen LogP contribution in [0.15, 0.2) is 53.4 Å². The van der Waals surface area contributed by atoms with E-state index in [4.69, 9.17) is 4.42 Å². The normalized spacial score (nSPS) is 12.1. The summed E-state index contributed by atoms with van der Waals surface area (Å²) in [6, 6.07) is 9.55. The second kappa shape index (κ2) is 8.00. The predicted molar refractivity (Wildman–Crippen MR) is 110 cm³/mol. The van der Waals surface area contributed by atoms with Crippen LogP contribution in [-0.4, -0.2) is 15.9 Å². The largest absolute Gasteiger partial charge is 0.467 e. The van der Waals surface area contributed by atoms with Gasteiger partial charge in [0, 0.05) is 0 Å². The van der Waals surface area contributed by atoms with Crippen molar-refractivity contribution < 1.29 is 13.6 Å². The number of nitrogens with one attached hydrogen (secondary N) is 2. The van der Waals surface area contributed by atoms with Crippen molar-refractivity contribution >= 4 is 33.3 Å². The van der Waals surface area contributed by atoms with Crippen LogP contribution in [0, 0.1) is 12.7 Å². The molecule has 0 saturated heterocycles. The van der Waals surface area contributed by atoms with Crippen LogP contribution in [0.4, 0.5) is 10.2 Å². The van der Waals surface area contributed by atoms with E-state index in [9.17, 15) is 9.18 Å². The second-order valence-electron chi connectivity index (χ2n) is 6.64. The molecule has 2 N–H and O–H groups in total. The molecule has 0 fully saturated rings. The van der Waals surface area contributed by atoms with Gasteiger partial charge < -0.3 is 15.1 Å². The first-order chi connectivity index (χ1) is 14.0. The Morgan fingerprint density at radius 1 is 1.24 bits per heavy atom. The fourth-order valence-electron chi connectivity index (χ4n) is 3.10. The van der Waals surface area contributed by atoms with E-state index in [1.54, 1.807) is 18.4 Å². The first kappa shape index (κ1) is 19.1. The Balaban J connectivity index is 1.57. The summed E-state index contributed by atoms with van der Waals surface area (Å²) in [4.78, 5) is 22.8. The molecule has 0 aliphatic heterocycles. The Hall–Kier alpha value is -3.26. The van der Waals surface area contributed by atoms with Crippen molar-refractivity contribution in [1.29, 1.82) is 0 Å². The summed E-state index contributed by atoms with van der Waals surface area (Å²) in [6.07, 6.45) is 3.10. The predicted octanol–water partition coefficient (Wildman–Crippen LogP) is 4.83. The highest BCUT2D eigenvalue weighted by molar-refractivity contribution is 7.20. The van der Waals surface area contributed by atoms with Gasteiger partial charge in [-0.3, -0.25) is 4.79 Å². The number of fused-ring (bicyclic) bond motifs is 1. The molecular formula is C21H19FN4O2S. The quantitative estimate of drug-likeness (QED) is 0.476. The Morgan fingerprint density at radius 2 is 2.03 bits per heavy atom. The molecule has 0 saturated carbocycles. The molecular weight excluding hydrogens is 391 g/mol. The van der Waals surface area contributed by atoms with Gasteiger partial charge in [-0.25, -0.2) is 14.4 Å². The number of amides is 1. The van der Waals surface area contributed by atoms with Gasteiger partial charge in [0.25, 0.3) is 5.91 Å². The zero-order valence-electron chi connectivity index (χ0n) is 15.9. The zero-order chi connectivity index (χ0) is 20.4. The topological polar surface area (TPSA) is 80.0 Å². The van der Waals surface area contributed by atoms with Gasteiger partial charge in [0.2, 0.25) is 0 Å². The number of carbonyl (C=O) groups is 1. The first-order valence-corrected chi connectivity index (χ1v) is 9.91. The van der Waals surface area contributed by atoms with Crippen molar-refractivity contribution in [2.45, 2.75) is 26.4 Å². The van der Waals surface area contributed by atoms with Gasteiger partial charge in [-0.15, -0.1) is 11.3 Å². The molecule has 0 spiro atoms. The number of benzene rings is 1. The number of carbonyl (C=O) groups excluding carboxylic acids is 1. The highest BCUT2D eigenvalue weighted by atomic mass is 32.1. The highest BCUT2D eigenvalue weighted by Crippen LogP contribution is 2.33. The average molecular weight is 410 g/mol. The Morgan fingerprint density at radius 3 is 2.76 bits per heavy atom. The number of thiophene rings is 1. The molecule has 3 aromatic heterocycles. The smallest absolute Gasteiger partial charge is 0.262 e. The number of rotatable bonds is 6. The third-order valence-electron chi connectivity index (χ3n) is 4.66. The SMILES string of the molecule is Cc1c(C(=O)NC(C)c2ccc(F)cc2)sc2ncnc(NCc3ccco3)c12. The molecule has 0 aliphatic rings. The van der Waals surface area contributed by atoms with Crippen LogP contribution >= 0.6 is 11.3 Å². The van der Waals surface area contributed by atoms with Crippen LogP contribution in [0.3, 0.4) is 0 Å². The molecule has 4 rings (SSSR count). The number of halogens is 1. The van der Waals surface area contributed by atoms with Gasteiger partial charge >= 0.3 is 0 Å². The summed E-state index contributed by atoms with van der Waals surface area (Å²) in [5, 5.41) is 7.05. The average Bonchev–Trinajstić information content (AvgIpc) is 3.35. The van der Waals surface area contributed by atoms with E-state index < -0.39 is 0 Å². The van der Waals surface area contributed by atoms with Gasteiger partial charge in [0.15, 0.2) is 0 Å². The lowest BCUT2D eigenvalue weighted by molar-refractivity contribution is 0.0943. The fourth-order valence-corrected chi connectivity index (χ4v) is 4.16. The Kier molecular flexibility index (Phi) is 5.26. The molecule has 1 aromatic carbocycles. The van der Waals surface area contributed by atoms with Crippen LogP contribution in [0.5, 0.6) is 0 Å². The molecule has 1 atom stereocenters. The molecule has 1 unspecified atom stereocenters. The maximum Gasteiger partial charge on any atom is 0.262 e. The third kappa shape index (κ3) is 3.97. The summed E-state index contributed by atoms with van der Waals surface area (Å²) < 4.78 is 18.5. The van der Waals surface area contributed by atoms with E-state index >= 15 is 0 Å². The first-order valence-electron chi connectivity index (χ1n) is 9.09.